The number of hydrogen-bond donors (Lipinski definition) is 1. The van der Waals surface area contributed by atoms with Gasteiger partial charge in [-0.15, -0.1) is 0 Å². The summed E-state index contributed by atoms with van der Waals surface area (Å²) < 4.78 is 12.7. The summed E-state index contributed by atoms with van der Waals surface area (Å²) in [6.45, 7) is 5.55. The lowest BCUT2D eigenvalue weighted by Crippen LogP contribution is -2.32. The number of ether oxygens (including phenoxy) is 1. The SMILES string of the molecule is CC(C)(C)OC(=O)Cn1c(-c2ccccc2)ncc(NCc2ccc3oc4ccccc4c3c2)c1=O. The van der Waals surface area contributed by atoms with Gasteiger partial charge in [-0.05, 0) is 44.5 Å². The second-order valence-electron chi connectivity index (χ2n) is 9.62. The molecule has 1 N–H and O–H groups in total. The van der Waals surface area contributed by atoms with E-state index in [1.807, 2.05) is 66.7 Å². The predicted molar refractivity (Wildman–Crippen MR) is 141 cm³/mol. The zero-order valence-electron chi connectivity index (χ0n) is 20.4. The normalized spacial score (nSPS) is 11.6. The maximum absolute atomic E-state index is 13.5. The highest BCUT2D eigenvalue weighted by Gasteiger charge is 2.20. The van der Waals surface area contributed by atoms with Gasteiger partial charge in [0.05, 0.1) is 6.20 Å². The smallest absolute Gasteiger partial charge is 0.326 e. The Labute approximate surface area is 208 Å². The molecule has 0 unspecified atom stereocenters. The van der Waals surface area contributed by atoms with E-state index >= 15 is 0 Å². The minimum atomic E-state index is -0.660. The molecule has 0 aliphatic heterocycles. The molecule has 182 valence electrons. The molecule has 0 aliphatic carbocycles. The number of carbonyl (C=O) groups excluding carboxylic acids is 1. The molecule has 2 aromatic heterocycles. The number of rotatable bonds is 6. The highest BCUT2D eigenvalue weighted by atomic mass is 16.6. The third-order valence-electron chi connectivity index (χ3n) is 5.71. The first kappa shape index (κ1) is 23.4. The van der Waals surface area contributed by atoms with Crippen LogP contribution in [0.3, 0.4) is 0 Å². The van der Waals surface area contributed by atoms with Gasteiger partial charge in [0.25, 0.3) is 5.56 Å². The van der Waals surface area contributed by atoms with E-state index in [2.05, 4.69) is 16.4 Å². The molecule has 0 spiro atoms. The van der Waals surface area contributed by atoms with Crippen molar-refractivity contribution in [2.24, 2.45) is 0 Å². The molecule has 2 heterocycles. The molecule has 7 nitrogen and oxygen atoms in total. The van der Waals surface area contributed by atoms with Gasteiger partial charge < -0.3 is 14.5 Å². The van der Waals surface area contributed by atoms with E-state index in [9.17, 15) is 9.59 Å². The Morgan fingerprint density at radius 1 is 0.972 bits per heavy atom. The van der Waals surface area contributed by atoms with E-state index in [1.54, 1.807) is 20.8 Å². The maximum atomic E-state index is 13.5. The van der Waals surface area contributed by atoms with Gasteiger partial charge in [-0.1, -0.05) is 54.6 Å². The molecule has 0 saturated carbocycles. The summed E-state index contributed by atoms with van der Waals surface area (Å²) in [4.78, 5) is 30.6. The van der Waals surface area contributed by atoms with Crippen molar-refractivity contribution in [1.82, 2.24) is 9.55 Å². The van der Waals surface area contributed by atoms with Crippen molar-refractivity contribution in [2.45, 2.75) is 39.5 Å². The van der Waals surface area contributed by atoms with E-state index in [-0.39, 0.29) is 12.1 Å². The Kier molecular flexibility index (Phi) is 6.06. The van der Waals surface area contributed by atoms with Crippen molar-refractivity contribution in [3.05, 3.63) is 94.9 Å². The largest absolute Gasteiger partial charge is 0.459 e. The van der Waals surface area contributed by atoms with Crippen LogP contribution in [0.25, 0.3) is 33.3 Å². The van der Waals surface area contributed by atoms with Crippen molar-refractivity contribution < 1.29 is 13.9 Å². The van der Waals surface area contributed by atoms with E-state index in [0.717, 1.165) is 33.1 Å². The summed E-state index contributed by atoms with van der Waals surface area (Å²) in [5.74, 6) is -0.0960. The van der Waals surface area contributed by atoms with Gasteiger partial charge in [0.1, 0.15) is 34.8 Å². The fraction of sp³-hybridized carbons (Fsp3) is 0.207. The van der Waals surface area contributed by atoms with E-state index in [4.69, 9.17) is 9.15 Å². The standard InChI is InChI=1S/C29H27N3O4/c1-29(2,3)36-26(33)18-32-27(20-9-5-4-6-10-20)31-17-23(28(32)34)30-16-19-13-14-25-22(15-19)21-11-7-8-12-24(21)35-25/h4-15,17,30H,16,18H2,1-3H3. The number of hydrogen-bond acceptors (Lipinski definition) is 6. The van der Waals surface area contributed by atoms with Gasteiger partial charge in [0, 0.05) is 22.9 Å². The molecule has 0 bridgehead atoms. The zero-order chi connectivity index (χ0) is 25.3. The van der Waals surface area contributed by atoms with Gasteiger partial charge in [0.15, 0.2) is 0 Å². The number of anilines is 1. The fourth-order valence-corrected chi connectivity index (χ4v) is 4.16. The molecule has 7 heteroatoms. The van der Waals surface area contributed by atoms with E-state index < -0.39 is 11.6 Å². The topological polar surface area (TPSA) is 86.4 Å². The molecule has 5 rings (SSSR count). The molecule has 0 fully saturated rings. The van der Waals surface area contributed by atoms with Crippen LogP contribution in [-0.4, -0.2) is 21.1 Å². The number of esters is 1. The summed E-state index contributed by atoms with van der Waals surface area (Å²) in [7, 11) is 0. The van der Waals surface area contributed by atoms with E-state index in [1.165, 1.54) is 10.8 Å². The number of nitrogens with zero attached hydrogens (tertiary/aromatic N) is 2. The van der Waals surface area contributed by atoms with Crippen LogP contribution in [0.5, 0.6) is 0 Å². The average molecular weight is 482 g/mol. The molecular weight excluding hydrogens is 454 g/mol. The molecule has 5 aromatic rings. The number of aromatic nitrogens is 2. The molecule has 0 aliphatic rings. The molecule has 0 saturated heterocycles. The second kappa shape index (κ2) is 9.34. The van der Waals surface area contributed by atoms with Gasteiger partial charge >= 0.3 is 5.97 Å². The van der Waals surface area contributed by atoms with Crippen LogP contribution in [0.2, 0.25) is 0 Å². The first-order valence-electron chi connectivity index (χ1n) is 11.8. The molecule has 0 radical (unpaired) electrons. The van der Waals surface area contributed by atoms with Crippen molar-refractivity contribution >= 4 is 33.6 Å². The minimum Gasteiger partial charge on any atom is -0.459 e. The fourth-order valence-electron chi connectivity index (χ4n) is 4.16. The highest BCUT2D eigenvalue weighted by Crippen LogP contribution is 2.29. The van der Waals surface area contributed by atoms with Crippen molar-refractivity contribution in [2.75, 3.05) is 5.32 Å². The Bertz CT molecular complexity index is 1610. The number of para-hydroxylation sites is 1. The van der Waals surface area contributed by atoms with Gasteiger partial charge in [-0.2, -0.15) is 0 Å². The Balaban J connectivity index is 1.45. The van der Waals surface area contributed by atoms with Crippen LogP contribution in [0.4, 0.5) is 5.69 Å². The summed E-state index contributed by atoms with van der Waals surface area (Å²) in [6, 6.07) is 23.2. The lowest BCUT2D eigenvalue weighted by Gasteiger charge is -2.21. The van der Waals surface area contributed by atoms with Crippen LogP contribution in [0, 0.1) is 0 Å². The molecule has 3 aromatic carbocycles. The van der Waals surface area contributed by atoms with Crippen LogP contribution < -0.4 is 10.9 Å². The zero-order valence-corrected chi connectivity index (χ0v) is 20.4. The number of carbonyl (C=O) groups is 1. The number of furan rings is 1. The van der Waals surface area contributed by atoms with Crippen LogP contribution in [0.1, 0.15) is 26.3 Å². The lowest BCUT2D eigenvalue weighted by atomic mass is 10.1. The average Bonchev–Trinajstić information content (AvgIpc) is 3.22. The number of fused-ring (bicyclic) bond motifs is 3. The molecular formula is C29H27N3O4. The monoisotopic (exact) mass is 481 g/mol. The summed E-state index contributed by atoms with van der Waals surface area (Å²) in [6.07, 6.45) is 1.52. The van der Waals surface area contributed by atoms with Crippen molar-refractivity contribution in [3.8, 4) is 11.4 Å². The minimum absolute atomic E-state index is 0.240. The van der Waals surface area contributed by atoms with Crippen molar-refractivity contribution in [3.63, 3.8) is 0 Å². The predicted octanol–water partition coefficient (Wildman–Crippen LogP) is 5.76. The van der Waals surface area contributed by atoms with Gasteiger partial charge in [-0.25, -0.2) is 4.98 Å². The Morgan fingerprint density at radius 3 is 2.47 bits per heavy atom. The third kappa shape index (κ3) is 4.86. The summed E-state index contributed by atoms with van der Waals surface area (Å²) in [5, 5.41) is 5.26. The third-order valence-corrected chi connectivity index (χ3v) is 5.71. The lowest BCUT2D eigenvalue weighted by molar-refractivity contribution is -0.155. The van der Waals surface area contributed by atoms with Gasteiger partial charge in [-0.3, -0.25) is 14.2 Å². The van der Waals surface area contributed by atoms with Crippen LogP contribution in [0.15, 0.2) is 88.2 Å². The molecule has 0 atom stereocenters. The van der Waals surface area contributed by atoms with Crippen molar-refractivity contribution in [1.29, 1.82) is 0 Å². The quantitative estimate of drug-likeness (QED) is 0.310. The maximum Gasteiger partial charge on any atom is 0.326 e. The first-order chi connectivity index (χ1) is 17.3. The molecule has 36 heavy (non-hydrogen) atoms. The summed E-state index contributed by atoms with van der Waals surface area (Å²) >= 11 is 0. The second-order valence-corrected chi connectivity index (χ2v) is 9.62. The number of benzene rings is 3. The Hall–Kier alpha value is -4.39. The highest BCUT2D eigenvalue weighted by molar-refractivity contribution is 6.05. The first-order valence-corrected chi connectivity index (χ1v) is 11.8. The van der Waals surface area contributed by atoms with Crippen LogP contribution >= 0.6 is 0 Å². The Morgan fingerprint density at radius 2 is 1.69 bits per heavy atom. The summed E-state index contributed by atoms with van der Waals surface area (Å²) in [5.41, 5.74) is 2.67. The van der Waals surface area contributed by atoms with Crippen LogP contribution in [-0.2, 0) is 22.6 Å². The molecule has 0 amide bonds. The number of nitrogens with one attached hydrogen (secondary N) is 1. The van der Waals surface area contributed by atoms with Gasteiger partial charge in [0.2, 0.25) is 0 Å². The van der Waals surface area contributed by atoms with E-state index in [0.29, 0.717) is 18.1 Å².